The Labute approximate surface area is 162 Å². The van der Waals surface area contributed by atoms with E-state index in [1.165, 1.54) is 16.0 Å². The molecule has 0 bridgehead atoms. The second-order valence-electron chi connectivity index (χ2n) is 5.25. The third-order valence-electron chi connectivity index (χ3n) is 3.45. The van der Waals surface area contributed by atoms with E-state index in [0.29, 0.717) is 0 Å². The highest BCUT2D eigenvalue weighted by Crippen LogP contribution is 2.27. The molecule has 0 amide bonds. The third kappa shape index (κ3) is 8.02. The fraction of sp³-hybridized carbons (Fsp3) is 0.263. The van der Waals surface area contributed by atoms with Crippen molar-refractivity contribution in [2.75, 3.05) is 20.5 Å². The molecule has 2 aromatic carbocycles. The highest BCUT2D eigenvalue weighted by Gasteiger charge is 2.05. The summed E-state index contributed by atoms with van der Waals surface area (Å²) in [7, 11) is 3.30. The van der Waals surface area contributed by atoms with Gasteiger partial charge in [0.25, 0.3) is 0 Å². The molecule has 0 aliphatic heterocycles. The smallest absolute Gasteiger partial charge is 0.414 e. The van der Waals surface area contributed by atoms with Crippen LogP contribution in [0.4, 0.5) is 0 Å². The Hall–Kier alpha value is -2.71. The minimum atomic E-state index is -1.82. The van der Waals surface area contributed by atoms with Gasteiger partial charge in [-0.2, -0.15) is 0 Å². The zero-order valence-electron chi connectivity index (χ0n) is 15.4. The number of methoxy groups -OCH3 is 2. The van der Waals surface area contributed by atoms with Gasteiger partial charge < -0.3 is 25.0 Å². The van der Waals surface area contributed by atoms with Gasteiger partial charge in [-0.15, -0.1) is 11.8 Å². The van der Waals surface area contributed by atoms with Crippen LogP contribution in [0.25, 0.3) is 0 Å². The quantitative estimate of drug-likeness (QED) is 0.487. The topological polar surface area (TPSA) is 105 Å². The second-order valence-corrected chi connectivity index (χ2v) is 6.13. The maximum Gasteiger partial charge on any atom is 0.414 e. The zero-order chi connectivity index (χ0) is 20.2. The normalized spacial score (nSPS) is 9.74. The molecule has 0 saturated heterocycles. The van der Waals surface area contributed by atoms with E-state index in [1.54, 1.807) is 26.0 Å². The van der Waals surface area contributed by atoms with Crippen LogP contribution in [0.5, 0.6) is 11.5 Å². The van der Waals surface area contributed by atoms with Gasteiger partial charge in [0.1, 0.15) is 0 Å². The molecular formula is C19H23NO6S. The molecule has 146 valence electrons. The van der Waals surface area contributed by atoms with Crippen molar-refractivity contribution in [3.05, 3.63) is 53.6 Å². The van der Waals surface area contributed by atoms with Crippen molar-refractivity contribution in [3.63, 3.8) is 0 Å². The molecule has 2 rings (SSSR count). The highest BCUT2D eigenvalue weighted by atomic mass is 32.2. The van der Waals surface area contributed by atoms with Crippen LogP contribution in [0.1, 0.15) is 11.1 Å². The minimum absolute atomic E-state index is 0.758. The Morgan fingerprint density at radius 1 is 0.889 bits per heavy atom. The van der Waals surface area contributed by atoms with Crippen molar-refractivity contribution in [1.82, 2.24) is 5.32 Å². The fourth-order valence-corrected chi connectivity index (χ4v) is 2.49. The van der Waals surface area contributed by atoms with Crippen LogP contribution in [0.3, 0.4) is 0 Å². The molecular weight excluding hydrogens is 370 g/mol. The molecule has 0 saturated carbocycles. The number of rotatable bonds is 7. The highest BCUT2D eigenvalue weighted by molar-refractivity contribution is 7.98. The van der Waals surface area contributed by atoms with E-state index in [2.05, 4.69) is 35.8 Å². The van der Waals surface area contributed by atoms with Crippen molar-refractivity contribution in [2.45, 2.75) is 18.0 Å². The Morgan fingerprint density at radius 2 is 1.41 bits per heavy atom. The number of aliphatic carboxylic acids is 2. The molecule has 0 radical (unpaired) electrons. The molecule has 3 N–H and O–H groups in total. The molecule has 0 unspecified atom stereocenters. The van der Waals surface area contributed by atoms with Crippen LogP contribution >= 0.6 is 11.8 Å². The SMILES string of the molecule is COc1ccc(CNCc2ccc(SC)cc2)cc1OC.O=C(O)C(=O)O. The first-order chi connectivity index (χ1) is 12.9. The Balaban J connectivity index is 0.000000527. The lowest BCUT2D eigenvalue weighted by atomic mass is 10.2. The molecule has 0 fully saturated rings. The number of hydrogen-bond acceptors (Lipinski definition) is 6. The lowest BCUT2D eigenvalue weighted by Crippen LogP contribution is -2.12. The molecule has 0 aliphatic rings. The predicted molar refractivity (Wildman–Crippen MR) is 104 cm³/mol. The van der Waals surface area contributed by atoms with Gasteiger partial charge in [-0.05, 0) is 41.6 Å². The lowest BCUT2D eigenvalue weighted by Gasteiger charge is -2.10. The van der Waals surface area contributed by atoms with Crippen LogP contribution in [0.2, 0.25) is 0 Å². The van der Waals surface area contributed by atoms with Crippen molar-refractivity contribution in [2.24, 2.45) is 0 Å². The van der Waals surface area contributed by atoms with Gasteiger partial charge in [0.05, 0.1) is 14.2 Å². The first-order valence-corrected chi connectivity index (χ1v) is 9.14. The molecule has 0 heterocycles. The molecule has 0 spiro atoms. The lowest BCUT2D eigenvalue weighted by molar-refractivity contribution is -0.159. The number of nitrogens with one attached hydrogen (secondary N) is 1. The number of thioether (sulfide) groups is 1. The van der Waals surface area contributed by atoms with Crippen molar-refractivity contribution < 1.29 is 29.3 Å². The van der Waals surface area contributed by atoms with E-state index in [1.807, 2.05) is 18.2 Å². The Kier molecular flexibility index (Phi) is 9.78. The number of carbonyl (C=O) groups is 2. The van der Waals surface area contributed by atoms with Crippen molar-refractivity contribution in [3.8, 4) is 11.5 Å². The third-order valence-corrected chi connectivity index (χ3v) is 4.19. The number of ether oxygens (including phenoxy) is 2. The first-order valence-electron chi connectivity index (χ1n) is 7.92. The monoisotopic (exact) mass is 393 g/mol. The summed E-state index contributed by atoms with van der Waals surface area (Å²) in [6, 6.07) is 14.6. The van der Waals surface area contributed by atoms with Crippen molar-refractivity contribution >= 4 is 23.7 Å². The van der Waals surface area contributed by atoms with E-state index in [9.17, 15) is 0 Å². The molecule has 7 nitrogen and oxygen atoms in total. The molecule has 0 aromatic heterocycles. The largest absolute Gasteiger partial charge is 0.493 e. The number of benzene rings is 2. The number of carboxylic acid groups (broad SMARTS) is 2. The predicted octanol–water partition coefficient (Wildman–Crippen LogP) is 2.87. The van der Waals surface area contributed by atoms with E-state index in [-0.39, 0.29) is 0 Å². The summed E-state index contributed by atoms with van der Waals surface area (Å²) in [6.45, 7) is 1.65. The van der Waals surface area contributed by atoms with Crippen LogP contribution in [0, 0.1) is 0 Å². The van der Waals surface area contributed by atoms with Crippen LogP contribution in [0.15, 0.2) is 47.4 Å². The second kappa shape index (κ2) is 11.8. The molecule has 0 aliphatic carbocycles. The summed E-state index contributed by atoms with van der Waals surface area (Å²) in [5.74, 6) is -2.12. The summed E-state index contributed by atoms with van der Waals surface area (Å²) < 4.78 is 10.6. The van der Waals surface area contributed by atoms with Gasteiger partial charge in [-0.1, -0.05) is 18.2 Å². The molecule has 27 heavy (non-hydrogen) atoms. The summed E-state index contributed by atoms with van der Waals surface area (Å²) in [5.41, 5.74) is 2.46. The van der Waals surface area contributed by atoms with Gasteiger partial charge in [0.15, 0.2) is 11.5 Å². The minimum Gasteiger partial charge on any atom is -0.493 e. The maximum atomic E-state index is 9.10. The van der Waals surface area contributed by atoms with Gasteiger partial charge in [-0.25, -0.2) is 9.59 Å². The average Bonchev–Trinajstić information content (AvgIpc) is 2.68. The first kappa shape index (κ1) is 22.3. The summed E-state index contributed by atoms with van der Waals surface area (Å²) in [5, 5.41) is 18.2. The van der Waals surface area contributed by atoms with Gasteiger partial charge in [-0.3, -0.25) is 0 Å². The average molecular weight is 393 g/mol. The Bertz CT molecular complexity index is 736. The number of carboxylic acids is 2. The zero-order valence-corrected chi connectivity index (χ0v) is 16.2. The molecule has 8 heteroatoms. The van der Waals surface area contributed by atoms with Gasteiger partial charge in [0, 0.05) is 18.0 Å². The summed E-state index contributed by atoms with van der Waals surface area (Å²) in [6.07, 6.45) is 2.09. The van der Waals surface area contributed by atoms with E-state index in [0.717, 1.165) is 24.6 Å². The number of hydrogen-bond donors (Lipinski definition) is 3. The van der Waals surface area contributed by atoms with E-state index in [4.69, 9.17) is 29.3 Å². The molecule has 2 aromatic rings. The summed E-state index contributed by atoms with van der Waals surface area (Å²) in [4.78, 5) is 19.5. The van der Waals surface area contributed by atoms with Crippen molar-refractivity contribution in [1.29, 1.82) is 0 Å². The van der Waals surface area contributed by atoms with Gasteiger partial charge in [0.2, 0.25) is 0 Å². The standard InChI is InChI=1S/C17H21NO2S.C2H2O4/c1-19-16-9-6-14(10-17(16)20-2)12-18-11-13-4-7-15(21-3)8-5-13;3-1(4)2(5)6/h4-10,18H,11-12H2,1-3H3;(H,3,4)(H,5,6). The molecule has 0 atom stereocenters. The summed E-state index contributed by atoms with van der Waals surface area (Å²) >= 11 is 1.76. The van der Waals surface area contributed by atoms with Crippen LogP contribution < -0.4 is 14.8 Å². The maximum absolute atomic E-state index is 9.10. The Morgan fingerprint density at radius 3 is 1.89 bits per heavy atom. The van der Waals surface area contributed by atoms with E-state index < -0.39 is 11.9 Å². The van der Waals surface area contributed by atoms with Gasteiger partial charge >= 0.3 is 11.9 Å². The van der Waals surface area contributed by atoms with Crippen LogP contribution in [-0.4, -0.2) is 42.6 Å². The fourth-order valence-electron chi connectivity index (χ4n) is 2.09. The van der Waals surface area contributed by atoms with Crippen LogP contribution in [-0.2, 0) is 22.7 Å². The van der Waals surface area contributed by atoms with E-state index >= 15 is 0 Å².